The highest BCUT2D eigenvalue weighted by Gasteiger charge is 2.00. The number of hydrogen-bond donors (Lipinski definition) is 3. The van der Waals surface area contributed by atoms with Gasteiger partial charge in [0.15, 0.2) is 5.96 Å². The molecule has 1 heterocycles. The fourth-order valence-electron chi connectivity index (χ4n) is 2.29. The summed E-state index contributed by atoms with van der Waals surface area (Å²) < 4.78 is 5.51. The second-order valence-corrected chi connectivity index (χ2v) is 5.45. The molecule has 0 atom stereocenters. The van der Waals surface area contributed by atoms with Gasteiger partial charge in [0.2, 0.25) is 0 Å². The van der Waals surface area contributed by atoms with E-state index >= 15 is 0 Å². The monoisotopic (exact) mass is 341 g/mol. The van der Waals surface area contributed by atoms with Crippen molar-refractivity contribution in [1.29, 1.82) is 0 Å². The summed E-state index contributed by atoms with van der Waals surface area (Å²) >= 11 is 0. The van der Waals surface area contributed by atoms with E-state index in [9.17, 15) is 4.79 Å². The first-order chi connectivity index (χ1) is 12.1. The number of hydrogen-bond acceptors (Lipinski definition) is 3. The van der Waals surface area contributed by atoms with Crippen LogP contribution in [-0.4, -0.2) is 36.7 Å². The van der Waals surface area contributed by atoms with Crippen molar-refractivity contribution in [1.82, 2.24) is 10.3 Å². The molecule has 0 fully saturated rings. The van der Waals surface area contributed by atoms with Crippen molar-refractivity contribution in [2.24, 2.45) is 16.5 Å². The predicted octanol–water partition coefficient (Wildman–Crippen LogP) is 1.21. The maximum atomic E-state index is 11.2. The van der Waals surface area contributed by atoms with Gasteiger partial charge in [0, 0.05) is 24.9 Å². The van der Waals surface area contributed by atoms with Gasteiger partial charge in [0.1, 0.15) is 0 Å². The van der Waals surface area contributed by atoms with Crippen molar-refractivity contribution in [3.8, 4) is 0 Å². The number of ether oxygens (including phenoxy) is 1. The zero-order valence-corrected chi connectivity index (χ0v) is 14.0. The third-order valence-corrected chi connectivity index (χ3v) is 3.39. The van der Waals surface area contributed by atoms with Gasteiger partial charge in [0.25, 0.3) is 0 Å². The number of benzene rings is 1. The molecular weight excluding hydrogens is 318 g/mol. The number of rotatable bonds is 8. The van der Waals surface area contributed by atoms with Crippen LogP contribution in [-0.2, 0) is 17.6 Å². The zero-order chi connectivity index (χ0) is 17.9. The molecule has 0 bridgehead atoms. The van der Waals surface area contributed by atoms with E-state index < -0.39 is 6.03 Å². The number of amides is 2. The molecule has 2 aromatic rings. The van der Waals surface area contributed by atoms with Crippen LogP contribution in [0.5, 0.6) is 0 Å². The van der Waals surface area contributed by atoms with Gasteiger partial charge in [0.05, 0.1) is 13.2 Å². The first kappa shape index (κ1) is 18.4. The third-order valence-electron chi connectivity index (χ3n) is 3.39. The van der Waals surface area contributed by atoms with Crippen molar-refractivity contribution < 1.29 is 9.53 Å². The molecule has 0 aliphatic heterocycles. The van der Waals surface area contributed by atoms with E-state index in [-0.39, 0.29) is 5.96 Å². The van der Waals surface area contributed by atoms with Crippen LogP contribution in [0, 0.1) is 0 Å². The van der Waals surface area contributed by atoms with Crippen LogP contribution < -0.4 is 16.8 Å². The van der Waals surface area contributed by atoms with Gasteiger partial charge >= 0.3 is 6.03 Å². The van der Waals surface area contributed by atoms with E-state index in [4.69, 9.17) is 16.2 Å². The van der Waals surface area contributed by atoms with Gasteiger partial charge in [-0.05, 0) is 29.7 Å². The Kier molecular flexibility index (Phi) is 7.40. The van der Waals surface area contributed by atoms with Crippen LogP contribution in [0.25, 0.3) is 0 Å². The number of aromatic nitrogens is 1. The van der Waals surface area contributed by atoms with E-state index in [1.54, 1.807) is 6.20 Å². The summed E-state index contributed by atoms with van der Waals surface area (Å²) in [5, 5.41) is 2.53. The molecule has 0 aliphatic carbocycles. The Morgan fingerprint density at radius 3 is 2.72 bits per heavy atom. The minimum Gasteiger partial charge on any atom is -0.379 e. The molecule has 1 aromatic heterocycles. The highest BCUT2D eigenvalue weighted by atomic mass is 16.5. The molecular formula is C18H23N5O2. The molecule has 0 spiro atoms. The summed E-state index contributed by atoms with van der Waals surface area (Å²) in [5.74, 6) is -0.260. The Morgan fingerprint density at radius 2 is 1.96 bits per heavy atom. The lowest BCUT2D eigenvalue weighted by atomic mass is 10.0. The normalized spacial score (nSPS) is 10.2. The molecule has 132 valence electrons. The van der Waals surface area contributed by atoms with Crippen LogP contribution in [0.4, 0.5) is 4.79 Å². The number of aliphatic imine (C=N–C) groups is 1. The molecule has 7 nitrogen and oxygen atoms in total. The van der Waals surface area contributed by atoms with Gasteiger partial charge in [-0.25, -0.2) is 4.79 Å². The number of carbonyl (C=O) groups excluding carboxylic acids is 1. The van der Waals surface area contributed by atoms with E-state index in [0.717, 1.165) is 18.5 Å². The summed E-state index contributed by atoms with van der Waals surface area (Å²) in [7, 11) is 0. The third kappa shape index (κ3) is 7.45. The van der Waals surface area contributed by atoms with E-state index in [1.807, 2.05) is 24.3 Å². The number of urea groups is 1. The van der Waals surface area contributed by atoms with Crippen LogP contribution in [0.2, 0.25) is 0 Å². The maximum absolute atomic E-state index is 11.2. The fraction of sp³-hybridized carbons (Fsp3) is 0.278. The highest BCUT2D eigenvalue weighted by Crippen LogP contribution is 2.10. The average Bonchev–Trinajstić information content (AvgIpc) is 2.58. The molecule has 0 radical (unpaired) electrons. The van der Waals surface area contributed by atoms with Gasteiger partial charge in [-0.15, -0.1) is 0 Å². The second-order valence-electron chi connectivity index (χ2n) is 5.45. The lowest BCUT2D eigenvalue weighted by Crippen LogP contribution is -2.30. The van der Waals surface area contributed by atoms with Gasteiger partial charge < -0.3 is 21.5 Å². The number of nitrogens with zero attached hydrogens (tertiary/aromatic N) is 2. The largest absolute Gasteiger partial charge is 0.379 e. The van der Waals surface area contributed by atoms with Crippen LogP contribution >= 0.6 is 0 Å². The van der Waals surface area contributed by atoms with Crippen molar-refractivity contribution in [3.63, 3.8) is 0 Å². The van der Waals surface area contributed by atoms with Gasteiger partial charge in [-0.2, -0.15) is 4.99 Å². The van der Waals surface area contributed by atoms with Crippen molar-refractivity contribution in [2.45, 2.75) is 12.8 Å². The number of carbonyl (C=O) groups is 1. The Balaban J connectivity index is 1.68. The lowest BCUT2D eigenvalue weighted by molar-refractivity contribution is 0.140. The first-order valence-corrected chi connectivity index (χ1v) is 8.06. The number of nitrogens with two attached hydrogens (primary N) is 2. The van der Waals surface area contributed by atoms with Gasteiger partial charge in [-0.1, -0.05) is 30.3 Å². The standard InChI is InChI=1S/C18H23N5O2/c19-17(20)23-18(24)22-9-11-25-10-7-14-4-3-5-15(12-14)13-16-6-1-2-8-21-16/h1-6,8,12H,7,9-11,13H2,(H5,19,20,22,23,24). The Hall–Kier alpha value is -2.93. The first-order valence-electron chi connectivity index (χ1n) is 8.06. The number of nitrogens with one attached hydrogen (secondary N) is 1. The quantitative estimate of drug-likeness (QED) is 0.379. The summed E-state index contributed by atoms with van der Waals surface area (Å²) in [4.78, 5) is 18.9. The molecule has 0 unspecified atom stereocenters. The van der Waals surface area contributed by atoms with Crippen LogP contribution in [0.1, 0.15) is 16.8 Å². The molecule has 0 saturated carbocycles. The summed E-state index contributed by atoms with van der Waals surface area (Å²) in [6, 6.07) is 13.7. The fourth-order valence-corrected chi connectivity index (χ4v) is 2.29. The number of guanidine groups is 1. The minimum atomic E-state index is -0.564. The van der Waals surface area contributed by atoms with Crippen molar-refractivity contribution in [3.05, 3.63) is 65.5 Å². The molecule has 0 saturated heterocycles. The van der Waals surface area contributed by atoms with E-state index in [1.165, 1.54) is 11.1 Å². The second kappa shape index (κ2) is 10.0. The maximum Gasteiger partial charge on any atom is 0.344 e. The molecule has 25 heavy (non-hydrogen) atoms. The SMILES string of the molecule is NC(N)=NC(=O)NCCOCCc1cccc(Cc2ccccn2)c1. The molecule has 0 aliphatic rings. The molecule has 7 heteroatoms. The van der Waals surface area contributed by atoms with Crippen LogP contribution in [0.3, 0.4) is 0 Å². The molecule has 2 amide bonds. The average molecular weight is 341 g/mol. The molecule has 2 rings (SSSR count). The van der Waals surface area contributed by atoms with Crippen molar-refractivity contribution >= 4 is 12.0 Å². The van der Waals surface area contributed by atoms with Crippen molar-refractivity contribution in [2.75, 3.05) is 19.8 Å². The molecule has 1 aromatic carbocycles. The Morgan fingerprint density at radius 1 is 1.12 bits per heavy atom. The van der Waals surface area contributed by atoms with Crippen LogP contribution in [0.15, 0.2) is 53.7 Å². The Bertz CT molecular complexity index is 700. The smallest absolute Gasteiger partial charge is 0.344 e. The summed E-state index contributed by atoms with van der Waals surface area (Å²) in [6.45, 7) is 1.33. The zero-order valence-electron chi connectivity index (χ0n) is 14.0. The summed E-state index contributed by atoms with van der Waals surface area (Å²) in [6.07, 6.45) is 3.42. The predicted molar refractivity (Wildman–Crippen MR) is 97.2 cm³/mol. The molecule has 5 N–H and O–H groups in total. The lowest BCUT2D eigenvalue weighted by Gasteiger charge is -2.07. The summed E-state index contributed by atoms with van der Waals surface area (Å²) in [5.41, 5.74) is 13.7. The topological polar surface area (TPSA) is 116 Å². The number of pyridine rings is 1. The van der Waals surface area contributed by atoms with E-state index in [0.29, 0.717) is 19.8 Å². The highest BCUT2D eigenvalue weighted by molar-refractivity contribution is 5.90. The van der Waals surface area contributed by atoms with Gasteiger partial charge in [-0.3, -0.25) is 4.98 Å². The Labute approximate surface area is 147 Å². The van der Waals surface area contributed by atoms with E-state index in [2.05, 4.69) is 33.5 Å². The minimum absolute atomic E-state index is 0.260.